The summed E-state index contributed by atoms with van der Waals surface area (Å²) < 4.78 is 96.1. The molecule has 0 saturated carbocycles. The lowest BCUT2D eigenvalue weighted by Gasteiger charge is -2.25. The van der Waals surface area contributed by atoms with E-state index < -0.39 is 50.8 Å². The lowest BCUT2D eigenvalue weighted by Crippen LogP contribution is -2.41. The van der Waals surface area contributed by atoms with Gasteiger partial charge in [0.05, 0.1) is 17.8 Å². The van der Waals surface area contributed by atoms with Crippen LogP contribution in [0.25, 0.3) is 0 Å². The number of halogens is 6. The number of guanidine groups is 1. The van der Waals surface area contributed by atoms with Crippen LogP contribution in [-0.2, 0) is 29.2 Å². The van der Waals surface area contributed by atoms with Crippen LogP contribution in [0.1, 0.15) is 22.3 Å². The minimum Gasteiger partial charge on any atom is -0.324 e. The number of sulfonamides is 1. The summed E-state index contributed by atoms with van der Waals surface area (Å²) in [5.74, 6) is -3.15. The molecule has 2 heterocycles. The Balaban J connectivity index is 1.76. The molecule has 3 aromatic rings. The Kier molecular flexibility index (Phi) is 6.21. The molecule has 0 fully saturated rings. The second kappa shape index (κ2) is 8.84. The predicted molar refractivity (Wildman–Crippen MR) is 115 cm³/mol. The van der Waals surface area contributed by atoms with Gasteiger partial charge in [-0.25, -0.2) is 26.9 Å². The smallest absolute Gasteiger partial charge is 0.324 e. The van der Waals surface area contributed by atoms with Crippen LogP contribution >= 0.6 is 11.6 Å². The van der Waals surface area contributed by atoms with Crippen molar-refractivity contribution in [2.45, 2.75) is 24.0 Å². The van der Waals surface area contributed by atoms with Crippen LogP contribution in [0, 0.1) is 11.6 Å². The van der Waals surface area contributed by atoms with Crippen molar-refractivity contribution in [2.75, 3.05) is 5.32 Å². The number of benzene rings is 2. The quantitative estimate of drug-likeness (QED) is 0.484. The van der Waals surface area contributed by atoms with Gasteiger partial charge in [0.15, 0.2) is 11.6 Å². The molecule has 0 atom stereocenters. The lowest BCUT2D eigenvalue weighted by atomic mass is 10.0. The van der Waals surface area contributed by atoms with Crippen molar-refractivity contribution in [2.24, 2.45) is 4.99 Å². The first-order valence-corrected chi connectivity index (χ1v) is 11.4. The molecule has 34 heavy (non-hydrogen) atoms. The van der Waals surface area contributed by atoms with Gasteiger partial charge in [0, 0.05) is 35.0 Å². The van der Waals surface area contributed by atoms with Crippen LogP contribution < -0.4 is 10.0 Å². The Hall–Kier alpha value is -3.25. The van der Waals surface area contributed by atoms with E-state index in [4.69, 9.17) is 11.6 Å². The number of aliphatic imine (C=N–C) groups is 1. The van der Waals surface area contributed by atoms with Gasteiger partial charge in [-0.05, 0) is 23.8 Å². The van der Waals surface area contributed by atoms with Crippen molar-refractivity contribution in [1.82, 2.24) is 9.71 Å². The van der Waals surface area contributed by atoms with Gasteiger partial charge >= 0.3 is 6.18 Å². The molecule has 0 aliphatic carbocycles. The standard InChI is InChI=1S/C21H14ClF5N4O2S/c22-15-4-2-1-3-11(15)7-13-18(24)16(23)8-17-19(13)30-20(31-34(17,32)33)29-10-12-9-28-6-5-14(12)21(25,26)27/h1-6,8-9H,7,10H2,(H2,29,30,31). The fourth-order valence-corrected chi connectivity index (χ4v) is 4.78. The van der Waals surface area contributed by atoms with E-state index in [0.29, 0.717) is 11.6 Å². The Morgan fingerprint density at radius 1 is 1.09 bits per heavy atom. The number of pyridine rings is 1. The van der Waals surface area contributed by atoms with Gasteiger partial charge in [-0.15, -0.1) is 0 Å². The Bertz CT molecular complexity index is 1410. The van der Waals surface area contributed by atoms with Crippen LogP contribution in [0.5, 0.6) is 0 Å². The summed E-state index contributed by atoms with van der Waals surface area (Å²) in [4.78, 5) is 6.94. The number of anilines is 1. The minimum absolute atomic E-state index is 0.252. The van der Waals surface area contributed by atoms with E-state index in [1.54, 1.807) is 18.2 Å². The van der Waals surface area contributed by atoms with E-state index in [9.17, 15) is 30.4 Å². The van der Waals surface area contributed by atoms with Crippen LogP contribution in [0.2, 0.25) is 5.02 Å². The first kappa shape index (κ1) is 23.9. The van der Waals surface area contributed by atoms with Crippen molar-refractivity contribution >= 4 is 33.3 Å². The van der Waals surface area contributed by atoms with Crippen LogP contribution in [0.15, 0.2) is 58.7 Å². The van der Waals surface area contributed by atoms with Crippen molar-refractivity contribution < 1.29 is 30.4 Å². The van der Waals surface area contributed by atoms with Crippen molar-refractivity contribution in [3.8, 4) is 0 Å². The highest BCUT2D eigenvalue weighted by Gasteiger charge is 2.34. The van der Waals surface area contributed by atoms with E-state index in [1.165, 1.54) is 6.07 Å². The van der Waals surface area contributed by atoms with Crippen molar-refractivity contribution in [3.63, 3.8) is 0 Å². The first-order valence-electron chi connectivity index (χ1n) is 9.56. The third-order valence-electron chi connectivity index (χ3n) is 4.99. The molecule has 178 valence electrons. The average molecular weight is 517 g/mol. The van der Waals surface area contributed by atoms with Crippen molar-refractivity contribution in [3.05, 3.63) is 87.7 Å². The van der Waals surface area contributed by atoms with Crippen molar-refractivity contribution in [1.29, 1.82) is 0 Å². The monoisotopic (exact) mass is 516 g/mol. The molecule has 0 saturated heterocycles. The fourth-order valence-electron chi connectivity index (χ4n) is 3.39. The number of hydrogen-bond donors (Lipinski definition) is 2. The number of hydrogen-bond acceptors (Lipinski definition) is 4. The molecular formula is C21H14ClF5N4O2S. The zero-order valence-corrected chi connectivity index (χ0v) is 18.5. The maximum absolute atomic E-state index is 14.8. The highest BCUT2D eigenvalue weighted by atomic mass is 35.5. The molecule has 0 unspecified atom stereocenters. The van der Waals surface area contributed by atoms with Crippen LogP contribution in [0.3, 0.4) is 0 Å². The Labute approximate surface area is 195 Å². The molecule has 4 rings (SSSR count). The summed E-state index contributed by atoms with van der Waals surface area (Å²) in [6.07, 6.45) is -3.01. The lowest BCUT2D eigenvalue weighted by molar-refractivity contribution is -0.138. The van der Waals surface area contributed by atoms with E-state index in [-0.39, 0.29) is 28.3 Å². The highest BCUT2D eigenvalue weighted by molar-refractivity contribution is 7.90. The predicted octanol–water partition coefficient (Wildman–Crippen LogP) is 4.88. The van der Waals surface area contributed by atoms with Gasteiger partial charge in [-0.1, -0.05) is 29.8 Å². The number of fused-ring (bicyclic) bond motifs is 1. The number of nitrogens with one attached hydrogen (secondary N) is 2. The number of nitrogens with zero attached hydrogens (tertiary/aromatic N) is 2. The van der Waals surface area contributed by atoms with E-state index in [1.807, 2.05) is 4.72 Å². The molecule has 13 heteroatoms. The summed E-state index contributed by atoms with van der Waals surface area (Å²) in [5.41, 5.74) is -1.52. The van der Waals surface area contributed by atoms with Gasteiger partial charge in [0.1, 0.15) is 4.90 Å². The SMILES string of the molecule is O=S1(=O)NC(=NCc2cnccc2C(F)(F)F)Nc2c1cc(F)c(F)c2Cc1ccccc1Cl. The fraction of sp³-hybridized carbons (Fsp3) is 0.143. The molecule has 6 nitrogen and oxygen atoms in total. The number of alkyl halides is 3. The molecule has 1 aliphatic rings. The number of rotatable bonds is 4. The topological polar surface area (TPSA) is 83.5 Å². The normalized spacial score (nSPS) is 16.0. The third kappa shape index (κ3) is 4.68. The second-order valence-electron chi connectivity index (χ2n) is 7.22. The van der Waals surface area contributed by atoms with Gasteiger partial charge in [0.25, 0.3) is 10.0 Å². The third-order valence-corrected chi connectivity index (χ3v) is 6.72. The highest BCUT2D eigenvalue weighted by Crippen LogP contribution is 2.35. The average Bonchev–Trinajstić information content (AvgIpc) is 2.77. The zero-order chi connectivity index (χ0) is 24.7. The molecule has 0 spiro atoms. The summed E-state index contributed by atoms with van der Waals surface area (Å²) in [7, 11) is -4.42. The summed E-state index contributed by atoms with van der Waals surface area (Å²) in [6, 6.07) is 7.62. The zero-order valence-electron chi connectivity index (χ0n) is 16.9. The molecular weight excluding hydrogens is 503 g/mol. The van der Waals surface area contributed by atoms with Gasteiger partial charge < -0.3 is 5.32 Å². The molecule has 0 bridgehead atoms. The van der Waals surface area contributed by atoms with Gasteiger partial charge in [-0.3, -0.25) is 4.98 Å². The molecule has 2 N–H and O–H groups in total. The first-order chi connectivity index (χ1) is 16.0. The molecule has 0 radical (unpaired) electrons. The van der Waals surface area contributed by atoms with Gasteiger partial charge in [0.2, 0.25) is 5.96 Å². The van der Waals surface area contributed by atoms with E-state index in [0.717, 1.165) is 18.5 Å². The maximum atomic E-state index is 14.8. The largest absolute Gasteiger partial charge is 0.416 e. The Morgan fingerprint density at radius 2 is 1.82 bits per heavy atom. The Morgan fingerprint density at radius 3 is 2.53 bits per heavy atom. The summed E-state index contributed by atoms with van der Waals surface area (Å²) in [5, 5.41) is 2.82. The minimum atomic E-state index is -4.67. The molecule has 2 aromatic carbocycles. The molecule has 1 aromatic heterocycles. The van der Waals surface area contributed by atoms with Gasteiger partial charge in [-0.2, -0.15) is 13.2 Å². The second-order valence-corrected chi connectivity index (χ2v) is 9.28. The maximum Gasteiger partial charge on any atom is 0.416 e. The molecule has 1 aliphatic heterocycles. The van der Waals surface area contributed by atoms with E-state index in [2.05, 4.69) is 15.3 Å². The van der Waals surface area contributed by atoms with Crippen LogP contribution in [-0.4, -0.2) is 19.4 Å². The van der Waals surface area contributed by atoms with Crippen LogP contribution in [0.4, 0.5) is 27.6 Å². The molecule has 0 amide bonds. The summed E-state index contributed by atoms with van der Waals surface area (Å²) in [6.45, 7) is -0.591. The van der Waals surface area contributed by atoms with E-state index >= 15 is 0 Å². The number of aromatic nitrogens is 1. The summed E-state index contributed by atoms with van der Waals surface area (Å²) >= 11 is 6.11.